The van der Waals surface area contributed by atoms with Gasteiger partial charge in [0.15, 0.2) is 17.3 Å². The molecule has 2 fully saturated rings. The topological polar surface area (TPSA) is 150 Å². The summed E-state index contributed by atoms with van der Waals surface area (Å²) in [5.74, 6) is 2.38. The number of benzene rings is 1. The summed E-state index contributed by atoms with van der Waals surface area (Å²) in [6, 6.07) is 8.42. The van der Waals surface area contributed by atoms with Crippen LogP contribution in [0, 0.1) is 11.3 Å². The number of β-amino-alcohol motifs (C(OH)–C–C–N with tert-alkyl or cyclic N) is 1. The lowest BCUT2D eigenvalue weighted by molar-refractivity contribution is -0.00169. The number of ether oxygens (including phenoxy) is 1. The molecule has 43 heavy (non-hydrogen) atoms. The van der Waals surface area contributed by atoms with Gasteiger partial charge in [-0.3, -0.25) is 4.90 Å². The van der Waals surface area contributed by atoms with Crippen molar-refractivity contribution in [3.8, 4) is 23.5 Å². The van der Waals surface area contributed by atoms with Crippen molar-refractivity contribution < 1.29 is 14.4 Å². The Morgan fingerprint density at radius 2 is 2.12 bits per heavy atom. The summed E-state index contributed by atoms with van der Waals surface area (Å²) >= 11 is 0. The van der Waals surface area contributed by atoms with Crippen LogP contribution in [0.3, 0.4) is 0 Å². The number of likely N-dealkylation sites (N-methyl/N-ethyl adjacent to an activating group) is 2. The van der Waals surface area contributed by atoms with E-state index < -0.39 is 11.0 Å². The smallest absolute Gasteiger partial charge is 0.219 e. The van der Waals surface area contributed by atoms with Crippen molar-refractivity contribution in [1.29, 1.82) is 5.26 Å². The number of aliphatic hydroxyl groups is 1. The predicted molar refractivity (Wildman–Crippen MR) is 162 cm³/mol. The fourth-order valence-corrected chi connectivity index (χ4v) is 7.88. The van der Waals surface area contributed by atoms with Gasteiger partial charge < -0.3 is 30.3 Å². The molecule has 0 bridgehead atoms. The second-order valence-electron chi connectivity index (χ2n) is 13.0. The van der Waals surface area contributed by atoms with Crippen LogP contribution in [0.5, 0.6) is 5.88 Å². The molecule has 1 aromatic carbocycles. The first-order chi connectivity index (χ1) is 20.7. The van der Waals surface area contributed by atoms with Gasteiger partial charge in [0.1, 0.15) is 23.6 Å². The van der Waals surface area contributed by atoms with Crippen LogP contribution in [0.15, 0.2) is 22.7 Å². The van der Waals surface area contributed by atoms with Crippen molar-refractivity contribution in [3.63, 3.8) is 0 Å². The Bertz CT molecular complexity index is 1590. The van der Waals surface area contributed by atoms with Crippen molar-refractivity contribution >= 4 is 11.5 Å². The van der Waals surface area contributed by atoms with Gasteiger partial charge in [-0.1, -0.05) is 11.2 Å². The highest BCUT2D eigenvalue weighted by Gasteiger charge is 2.49. The van der Waals surface area contributed by atoms with E-state index in [0.29, 0.717) is 60.1 Å². The van der Waals surface area contributed by atoms with Crippen LogP contribution >= 0.6 is 0 Å². The van der Waals surface area contributed by atoms with Crippen molar-refractivity contribution in [2.24, 2.45) is 0 Å². The summed E-state index contributed by atoms with van der Waals surface area (Å²) in [7, 11) is 4.07. The molecule has 2 aromatic heterocycles. The van der Waals surface area contributed by atoms with Crippen LogP contribution in [0.2, 0.25) is 0 Å². The first kappa shape index (κ1) is 28.1. The van der Waals surface area contributed by atoms with E-state index >= 15 is 0 Å². The number of rotatable bonds is 7. The molecule has 1 spiro atoms. The number of nitrogens with one attached hydrogen (secondary N) is 1. The average molecular weight is 585 g/mol. The molecular formula is C32H40N8O3. The summed E-state index contributed by atoms with van der Waals surface area (Å²) in [4.78, 5) is 14.1. The molecule has 11 nitrogen and oxygen atoms in total. The number of likely N-dealkylation sites (tertiary alicyclic amines) is 1. The molecule has 7 rings (SSSR count). The molecule has 4 N–H and O–H groups in total. The van der Waals surface area contributed by atoms with Crippen LogP contribution in [0.4, 0.5) is 11.5 Å². The van der Waals surface area contributed by atoms with Crippen molar-refractivity contribution in [3.05, 3.63) is 46.2 Å². The van der Waals surface area contributed by atoms with Crippen molar-refractivity contribution in [1.82, 2.24) is 25.3 Å². The summed E-state index contributed by atoms with van der Waals surface area (Å²) < 4.78 is 12.7. The van der Waals surface area contributed by atoms with E-state index in [1.54, 1.807) is 0 Å². The van der Waals surface area contributed by atoms with E-state index in [9.17, 15) is 10.4 Å². The number of nitrogens with zero attached hydrogens (tertiary/aromatic N) is 6. The third kappa shape index (κ3) is 4.63. The fourth-order valence-electron chi connectivity index (χ4n) is 7.88. The number of hydrogen-bond donors (Lipinski definition) is 3. The maximum atomic E-state index is 10.9. The van der Waals surface area contributed by atoms with Crippen LogP contribution in [0.1, 0.15) is 67.0 Å². The van der Waals surface area contributed by atoms with Gasteiger partial charge in [-0.25, -0.2) is 4.98 Å². The van der Waals surface area contributed by atoms with E-state index in [1.165, 1.54) is 0 Å². The largest absolute Gasteiger partial charge is 0.473 e. The summed E-state index contributed by atoms with van der Waals surface area (Å²) in [6.07, 6.45) is 6.46. The lowest BCUT2D eigenvalue weighted by Crippen LogP contribution is -2.64. The standard InChI is InChI=1S/C32H40N8O3/c1-19(24-7-5-13-39(24)2)42-26-14-25(40(3)18-31(41)16-35-17-31)36-30(37-26)28-21-6-4-11-32(29(21)43-38-28)12-10-20-8-9-23(34)22(15-33)27(20)32/h8-9,14,19,24,35,41H,4-7,10-13,16-18,34H2,1-3H3. The Hall–Kier alpha value is -3.72. The predicted octanol–water partition coefficient (Wildman–Crippen LogP) is 2.79. The Morgan fingerprint density at radius 1 is 1.28 bits per heavy atom. The van der Waals surface area contributed by atoms with Gasteiger partial charge >= 0.3 is 0 Å². The first-order valence-electron chi connectivity index (χ1n) is 15.4. The fraction of sp³-hybridized carbons (Fsp3) is 0.562. The molecule has 2 saturated heterocycles. The Balaban J connectivity index is 1.29. The minimum Gasteiger partial charge on any atom is -0.473 e. The van der Waals surface area contributed by atoms with E-state index in [-0.39, 0.29) is 6.10 Å². The van der Waals surface area contributed by atoms with Gasteiger partial charge in [-0.05, 0) is 82.7 Å². The first-order valence-corrected chi connectivity index (χ1v) is 15.4. The number of aryl methyl sites for hydroxylation is 1. The summed E-state index contributed by atoms with van der Waals surface area (Å²) in [5, 5.41) is 28.7. The molecule has 4 heterocycles. The van der Waals surface area contributed by atoms with Crippen LogP contribution in [0.25, 0.3) is 11.5 Å². The number of aromatic nitrogens is 3. The molecule has 2 aliphatic carbocycles. The molecular weight excluding hydrogens is 544 g/mol. The molecule has 3 atom stereocenters. The minimum atomic E-state index is -0.809. The zero-order valence-corrected chi connectivity index (χ0v) is 25.2. The number of nitrogens with two attached hydrogens (primary N) is 1. The highest BCUT2D eigenvalue weighted by Crippen LogP contribution is 2.54. The number of fused-ring (bicyclic) bond motifs is 4. The molecule has 3 aromatic rings. The molecule has 11 heteroatoms. The zero-order valence-electron chi connectivity index (χ0n) is 25.2. The van der Waals surface area contributed by atoms with E-state index in [2.05, 4.69) is 35.4 Å². The third-order valence-corrected chi connectivity index (χ3v) is 10.1. The SMILES string of the molecule is CC(Oc1cc(N(C)CC2(O)CNC2)nc(-c2noc3c2CCCC32CCc3ccc(N)c(C#N)c32)n1)C1CCCN1C. The van der Waals surface area contributed by atoms with Gasteiger partial charge in [-0.15, -0.1) is 0 Å². The number of anilines is 2. The number of nitriles is 1. The second-order valence-corrected chi connectivity index (χ2v) is 13.0. The Kier molecular flexibility index (Phi) is 6.84. The summed E-state index contributed by atoms with van der Waals surface area (Å²) in [5.41, 5.74) is 9.84. The second kappa shape index (κ2) is 10.5. The van der Waals surface area contributed by atoms with Gasteiger partial charge in [0, 0.05) is 43.5 Å². The van der Waals surface area contributed by atoms with E-state index in [4.69, 9.17) is 25.0 Å². The molecule has 2 aliphatic heterocycles. The van der Waals surface area contributed by atoms with Gasteiger partial charge in [0.25, 0.3) is 0 Å². The maximum Gasteiger partial charge on any atom is 0.219 e. The molecule has 226 valence electrons. The highest BCUT2D eigenvalue weighted by molar-refractivity contribution is 5.68. The normalized spacial score (nSPS) is 24.7. The third-order valence-electron chi connectivity index (χ3n) is 10.1. The Labute approximate surface area is 252 Å². The monoisotopic (exact) mass is 584 g/mol. The summed E-state index contributed by atoms with van der Waals surface area (Å²) in [6.45, 7) is 4.66. The quantitative estimate of drug-likeness (QED) is 0.352. The van der Waals surface area contributed by atoms with Gasteiger partial charge in [0.05, 0.1) is 17.5 Å². The lowest BCUT2D eigenvalue weighted by atomic mass is 9.68. The van der Waals surface area contributed by atoms with Crippen LogP contribution < -0.4 is 20.7 Å². The number of nitrogen functional groups attached to an aromatic ring is 1. The molecule has 4 aliphatic rings. The van der Waals surface area contributed by atoms with E-state index in [1.807, 2.05) is 30.1 Å². The number of hydrogen-bond acceptors (Lipinski definition) is 11. The van der Waals surface area contributed by atoms with Crippen LogP contribution in [-0.4, -0.2) is 83.2 Å². The molecule has 0 amide bonds. The Morgan fingerprint density at radius 3 is 2.84 bits per heavy atom. The average Bonchev–Trinajstić information content (AvgIpc) is 3.70. The molecule has 0 radical (unpaired) electrons. The maximum absolute atomic E-state index is 10.9. The molecule has 0 saturated carbocycles. The zero-order chi connectivity index (χ0) is 29.9. The van der Waals surface area contributed by atoms with Gasteiger partial charge in [-0.2, -0.15) is 10.2 Å². The highest BCUT2D eigenvalue weighted by atomic mass is 16.5. The van der Waals surface area contributed by atoms with Crippen LogP contribution in [-0.2, 0) is 18.3 Å². The van der Waals surface area contributed by atoms with Crippen molar-refractivity contribution in [2.75, 3.05) is 50.9 Å². The van der Waals surface area contributed by atoms with Gasteiger partial charge in [0.2, 0.25) is 5.88 Å². The van der Waals surface area contributed by atoms with Crippen molar-refractivity contribution in [2.45, 2.75) is 75.0 Å². The molecule has 3 unspecified atom stereocenters. The lowest BCUT2D eigenvalue weighted by Gasteiger charge is -2.40. The van der Waals surface area contributed by atoms with E-state index in [0.717, 1.165) is 73.9 Å². The minimum absolute atomic E-state index is 0.0623.